The van der Waals surface area contributed by atoms with Crippen LogP contribution in [0.4, 0.5) is 0 Å². The zero-order chi connectivity index (χ0) is 23.0. The van der Waals surface area contributed by atoms with Gasteiger partial charge in [0.05, 0.1) is 24.6 Å². The smallest absolute Gasteiger partial charge is 0.0797 e. The van der Waals surface area contributed by atoms with E-state index in [1.807, 2.05) is 0 Å². The second kappa shape index (κ2) is 23.3. The molecule has 0 bridgehead atoms. The van der Waals surface area contributed by atoms with Crippen molar-refractivity contribution in [3.8, 4) is 0 Å². The van der Waals surface area contributed by atoms with Crippen LogP contribution < -0.4 is 0 Å². The molecule has 0 aromatic rings. The number of rotatable bonds is 25. The zero-order valence-electron chi connectivity index (χ0n) is 22.6. The minimum atomic E-state index is -0.773. The van der Waals surface area contributed by atoms with E-state index in [9.17, 15) is 0 Å². The lowest BCUT2D eigenvalue weighted by atomic mass is 10.0. The fraction of sp³-hybridized carbons (Fsp3) is 0.933. The van der Waals surface area contributed by atoms with Crippen molar-refractivity contribution in [1.82, 2.24) is 0 Å². The monoisotopic (exact) mass is 453 g/mol. The summed E-state index contributed by atoms with van der Waals surface area (Å²) in [6.45, 7) is 13.6. The molecule has 0 aliphatic carbocycles. The SMILES string of the molecule is C=C(C)C[P+](CCCC)(CCCC)CCCCCCCCCCCCCCCCCC. The molecule has 0 saturated heterocycles. The molecule has 0 aliphatic rings. The van der Waals surface area contributed by atoms with Crippen molar-refractivity contribution in [2.75, 3.05) is 24.6 Å². The Labute approximate surface area is 200 Å². The molecule has 0 radical (unpaired) electrons. The van der Waals surface area contributed by atoms with E-state index < -0.39 is 7.26 Å². The van der Waals surface area contributed by atoms with Gasteiger partial charge in [-0.05, 0) is 38.2 Å². The van der Waals surface area contributed by atoms with Crippen LogP contribution in [0.2, 0.25) is 0 Å². The quantitative estimate of drug-likeness (QED) is 0.0732. The first-order valence-electron chi connectivity index (χ1n) is 14.6. The van der Waals surface area contributed by atoms with Gasteiger partial charge < -0.3 is 0 Å². The lowest BCUT2D eigenvalue weighted by molar-refractivity contribution is 0.531. The Balaban J connectivity index is 3.74. The van der Waals surface area contributed by atoms with Crippen molar-refractivity contribution in [2.45, 2.75) is 156 Å². The summed E-state index contributed by atoms with van der Waals surface area (Å²) in [6, 6.07) is 0. The van der Waals surface area contributed by atoms with Crippen molar-refractivity contribution in [3.05, 3.63) is 12.2 Å². The van der Waals surface area contributed by atoms with E-state index in [-0.39, 0.29) is 0 Å². The van der Waals surface area contributed by atoms with Crippen LogP contribution in [0.3, 0.4) is 0 Å². The molecule has 0 saturated carbocycles. The molecule has 0 nitrogen and oxygen atoms in total. The van der Waals surface area contributed by atoms with Gasteiger partial charge in [-0.3, -0.25) is 0 Å². The van der Waals surface area contributed by atoms with Gasteiger partial charge in [-0.2, -0.15) is 0 Å². The summed E-state index contributed by atoms with van der Waals surface area (Å²) in [5.41, 5.74) is 1.46. The number of hydrogen-bond acceptors (Lipinski definition) is 0. The van der Waals surface area contributed by atoms with Crippen molar-refractivity contribution in [3.63, 3.8) is 0 Å². The van der Waals surface area contributed by atoms with Gasteiger partial charge in [0.15, 0.2) is 0 Å². The highest BCUT2D eigenvalue weighted by atomic mass is 31.2. The van der Waals surface area contributed by atoms with Crippen molar-refractivity contribution >= 4 is 7.26 Å². The van der Waals surface area contributed by atoms with E-state index in [0.29, 0.717) is 0 Å². The Hall–Kier alpha value is 0.170. The Morgan fingerprint density at radius 1 is 0.452 bits per heavy atom. The van der Waals surface area contributed by atoms with E-state index in [4.69, 9.17) is 0 Å². The van der Waals surface area contributed by atoms with Gasteiger partial charge in [-0.1, -0.05) is 130 Å². The topological polar surface area (TPSA) is 0 Å². The molecule has 1 heteroatoms. The number of unbranched alkanes of at least 4 members (excludes halogenated alkanes) is 17. The maximum absolute atomic E-state index is 4.31. The standard InChI is InChI=1S/C30H62P/c1-6-9-12-13-14-15-16-17-18-19-20-21-22-23-24-25-28-31(26-10-7-2,27-11-8-3)29-30(4)5/h4,6-29H2,1-3,5H3/q+1. The summed E-state index contributed by atoms with van der Waals surface area (Å²) >= 11 is 0. The van der Waals surface area contributed by atoms with Gasteiger partial charge in [0, 0.05) is 7.26 Å². The molecule has 0 aromatic carbocycles. The normalized spacial score (nSPS) is 11.9. The first-order valence-corrected chi connectivity index (χ1v) is 17.1. The average Bonchev–Trinajstić information content (AvgIpc) is 2.75. The van der Waals surface area contributed by atoms with Crippen LogP contribution in [0.15, 0.2) is 12.2 Å². The van der Waals surface area contributed by atoms with Gasteiger partial charge in [0.25, 0.3) is 0 Å². The van der Waals surface area contributed by atoms with E-state index in [1.165, 1.54) is 152 Å². The molecule has 0 aliphatic heterocycles. The first-order chi connectivity index (χ1) is 15.1. The second-order valence-electron chi connectivity index (χ2n) is 10.6. The van der Waals surface area contributed by atoms with Gasteiger partial charge >= 0.3 is 0 Å². The van der Waals surface area contributed by atoms with E-state index in [0.717, 1.165) is 0 Å². The predicted molar refractivity (Wildman–Crippen MR) is 151 cm³/mol. The lowest BCUT2D eigenvalue weighted by Gasteiger charge is -2.28. The molecular formula is C30H62P+. The summed E-state index contributed by atoms with van der Waals surface area (Å²) < 4.78 is 0. The molecule has 0 spiro atoms. The average molecular weight is 454 g/mol. The Morgan fingerprint density at radius 2 is 0.742 bits per heavy atom. The van der Waals surface area contributed by atoms with Crippen molar-refractivity contribution < 1.29 is 0 Å². The molecular weight excluding hydrogens is 391 g/mol. The summed E-state index contributed by atoms with van der Waals surface area (Å²) in [4.78, 5) is 0. The molecule has 0 aromatic heterocycles. The van der Waals surface area contributed by atoms with Crippen LogP contribution in [-0.4, -0.2) is 24.6 Å². The molecule has 0 N–H and O–H groups in total. The lowest BCUT2D eigenvalue weighted by Crippen LogP contribution is -2.13. The number of hydrogen-bond donors (Lipinski definition) is 0. The highest BCUT2D eigenvalue weighted by molar-refractivity contribution is 7.76. The highest BCUT2D eigenvalue weighted by Crippen LogP contribution is 2.61. The third-order valence-corrected chi connectivity index (χ3v) is 12.1. The fourth-order valence-electron chi connectivity index (χ4n) is 5.13. The molecule has 0 atom stereocenters. The molecule has 0 heterocycles. The van der Waals surface area contributed by atoms with E-state index in [2.05, 4.69) is 34.3 Å². The third-order valence-electron chi connectivity index (χ3n) is 7.06. The first kappa shape index (κ1) is 31.2. The Bertz CT molecular complexity index is 365. The minimum Gasteiger partial charge on any atom is -0.0965 e. The van der Waals surface area contributed by atoms with Gasteiger partial charge in [0.1, 0.15) is 0 Å². The van der Waals surface area contributed by atoms with Crippen molar-refractivity contribution in [2.24, 2.45) is 0 Å². The summed E-state index contributed by atoms with van der Waals surface area (Å²) in [7, 11) is -0.773. The Morgan fingerprint density at radius 3 is 1.06 bits per heavy atom. The van der Waals surface area contributed by atoms with E-state index >= 15 is 0 Å². The summed E-state index contributed by atoms with van der Waals surface area (Å²) in [5, 5.41) is 0. The largest absolute Gasteiger partial charge is 0.0965 e. The van der Waals surface area contributed by atoms with Gasteiger partial charge in [-0.25, -0.2) is 0 Å². The molecule has 0 rings (SSSR count). The van der Waals surface area contributed by atoms with Crippen LogP contribution in [0.25, 0.3) is 0 Å². The van der Waals surface area contributed by atoms with Crippen LogP contribution in [0, 0.1) is 0 Å². The minimum absolute atomic E-state index is 0.773. The Kier molecular flexibility index (Phi) is 23.5. The number of allylic oxidation sites excluding steroid dienone is 1. The molecule has 0 amide bonds. The van der Waals surface area contributed by atoms with Crippen LogP contribution >= 0.6 is 7.26 Å². The summed E-state index contributed by atoms with van der Waals surface area (Å²) in [5.74, 6) is 0. The van der Waals surface area contributed by atoms with Crippen LogP contribution in [-0.2, 0) is 0 Å². The highest BCUT2D eigenvalue weighted by Gasteiger charge is 2.35. The molecule has 31 heavy (non-hydrogen) atoms. The summed E-state index contributed by atoms with van der Waals surface area (Å²) in [6.07, 6.45) is 35.2. The van der Waals surface area contributed by atoms with Crippen molar-refractivity contribution in [1.29, 1.82) is 0 Å². The molecule has 0 unspecified atom stereocenters. The van der Waals surface area contributed by atoms with Crippen LogP contribution in [0.1, 0.15) is 156 Å². The maximum Gasteiger partial charge on any atom is 0.0797 e. The van der Waals surface area contributed by atoms with Gasteiger partial charge in [0.2, 0.25) is 0 Å². The fourth-order valence-corrected chi connectivity index (χ4v) is 10.3. The van der Waals surface area contributed by atoms with Crippen LogP contribution in [0.5, 0.6) is 0 Å². The predicted octanol–water partition coefficient (Wildman–Crippen LogP) is 11.4. The second-order valence-corrected chi connectivity index (χ2v) is 15.0. The molecule has 186 valence electrons. The zero-order valence-corrected chi connectivity index (χ0v) is 23.5. The third kappa shape index (κ3) is 20.5. The van der Waals surface area contributed by atoms with E-state index in [1.54, 1.807) is 6.16 Å². The molecule has 0 fully saturated rings. The van der Waals surface area contributed by atoms with Gasteiger partial charge in [-0.15, -0.1) is 0 Å². The maximum atomic E-state index is 4.31.